The van der Waals surface area contributed by atoms with Gasteiger partial charge in [0.05, 0.1) is 5.56 Å². The number of aromatic nitrogens is 1. The number of nitrogens with one attached hydrogen (secondary N) is 1. The van der Waals surface area contributed by atoms with Crippen LogP contribution in [0.5, 0.6) is 11.5 Å². The van der Waals surface area contributed by atoms with Crippen LogP contribution in [0.1, 0.15) is 46.6 Å². The molecule has 1 heterocycles. The molecule has 3 aromatic rings. The van der Waals surface area contributed by atoms with Gasteiger partial charge in [0.1, 0.15) is 11.5 Å². The summed E-state index contributed by atoms with van der Waals surface area (Å²) in [5.41, 5.74) is 2.17. The highest BCUT2D eigenvalue weighted by Crippen LogP contribution is 2.30. The number of alkyl halides is 3. The van der Waals surface area contributed by atoms with Crippen molar-refractivity contribution in [3.8, 4) is 11.5 Å². The molecule has 0 aliphatic heterocycles. The second kappa shape index (κ2) is 10.3. The zero-order chi connectivity index (χ0) is 23.1. The normalized spacial score (nSPS) is 11.3. The monoisotopic (exact) mass is 442 g/mol. The van der Waals surface area contributed by atoms with Gasteiger partial charge in [0.2, 0.25) is 0 Å². The van der Waals surface area contributed by atoms with Gasteiger partial charge in [0.25, 0.3) is 5.91 Å². The van der Waals surface area contributed by atoms with E-state index in [9.17, 15) is 18.0 Å². The van der Waals surface area contributed by atoms with Crippen LogP contribution in [0.25, 0.3) is 0 Å². The third-order valence-corrected chi connectivity index (χ3v) is 5.07. The summed E-state index contributed by atoms with van der Waals surface area (Å²) in [5.74, 6) is 0.906. The first kappa shape index (κ1) is 23.3. The summed E-state index contributed by atoms with van der Waals surface area (Å²) in [6.45, 7) is 4.40. The minimum absolute atomic E-state index is 0.0200. The van der Waals surface area contributed by atoms with E-state index in [4.69, 9.17) is 4.74 Å². The molecule has 0 saturated carbocycles. The van der Waals surface area contributed by atoms with Crippen molar-refractivity contribution in [2.75, 3.05) is 6.54 Å². The maximum absolute atomic E-state index is 12.8. The number of hydrogen-bond donors (Lipinski definition) is 1. The SMILES string of the molecule is CCc1nccc(Oc2cccc(CCNC(=O)c3cccc(C(F)(F)F)c3)c2)c1CC. The van der Waals surface area contributed by atoms with Crippen molar-refractivity contribution in [2.45, 2.75) is 39.3 Å². The molecule has 0 saturated heterocycles. The fraction of sp³-hybridized carbons (Fsp3) is 0.280. The molecule has 0 fully saturated rings. The standard InChI is InChI=1S/C25H25F3N2O2/c1-3-21-22(4-2)29-14-12-23(21)32-20-10-5-7-17(15-20)11-13-30-24(31)18-8-6-9-19(16-18)25(26,27)28/h5-10,12,14-16H,3-4,11,13H2,1-2H3,(H,30,31). The first-order chi connectivity index (χ1) is 15.3. The van der Waals surface area contributed by atoms with Crippen molar-refractivity contribution >= 4 is 5.91 Å². The molecule has 0 unspecified atom stereocenters. The third kappa shape index (κ3) is 5.87. The van der Waals surface area contributed by atoms with Crippen LogP contribution in [0.2, 0.25) is 0 Å². The second-order valence-electron chi connectivity index (χ2n) is 7.28. The molecular formula is C25H25F3N2O2. The molecule has 1 aromatic heterocycles. The predicted molar refractivity (Wildman–Crippen MR) is 117 cm³/mol. The van der Waals surface area contributed by atoms with Crippen molar-refractivity contribution in [3.63, 3.8) is 0 Å². The van der Waals surface area contributed by atoms with Crippen LogP contribution < -0.4 is 10.1 Å². The maximum Gasteiger partial charge on any atom is 0.416 e. The van der Waals surface area contributed by atoms with Gasteiger partial charge in [-0.05, 0) is 61.2 Å². The second-order valence-corrected chi connectivity index (χ2v) is 7.28. The molecule has 7 heteroatoms. The van der Waals surface area contributed by atoms with Gasteiger partial charge >= 0.3 is 6.18 Å². The van der Waals surface area contributed by atoms with Crippen LogP contribution in [-0.2, 0) is 25.4 Å². The Balaban J connectivity index is 1.62. The quantitative estimate of drug-likeness (QED) is 0.466. The lowest BCUT2D eigenvalue weighted by Crippen LogP contribution is -2.26. The van der Waals surface area contributed by atoms with Crippen molar-refractivity contribution in [3.05, 3.63) is 88.7 Å². The first-order valence-corrected chi connectivity index (χ1v) is 10.5. The lowest BCUT2D eigenvalue weighted by Gasteiger charge is -2.13. The van der Waals surface area contributed by atoms with Crippen molar-refractivity contribution < 1.29 is 22.7 Å². The summed E-state index contributed by atoms with van der Waals surface area (Å²) in [6.07, 6.45) is -0.597. The lowest BCUT2D eigenvalue weighted by molar-refractivity contribution is -0.137. The number of rotatable bonds is 8. The van der Waals surface area contributed by atoms with Gasteiger partial charge in [-0.3, -0.25) is 9.78 Å². The summed E-state index contributed by atoms with van der Waals surface area (Å²) in [6, 6.07) is 13.8. The highest BCUT2D eigenvalue weighted by atomic mass is 19.4. The van der Waals surface area contributed by atoms with E-state index >= 15 is 0 Å². The van der Waals surface area contributed by atoms with Crippen LogP contribution in [0.4, 0.5) is 13.2 Å². The Kier molecular flexibility index (Phi) is 7.51. The molecule has 1 N–H and O–H groups in total. The van der Waals surface area contributed by atoms with Gasteiger partial charge in [-0.2, -0.15) is 13.2 Å². The predicted octanol–water partition coefficient (Wildman–Crippen LogP) is 5.99. The van der Waals surface area contributed by atoms with Crippen LogP contribution in [0, 0.1) is 0 Å². The van der Waals surface area contributed by atoms with Crippen LogP contribution in [0.15, 0.2) is 60.8 Å². The molecule has 0 bridgehead atoms. The Morgan fingerprint density at radius 3 is 2.53 bits per heavy atom. The Morgan fingerprint density at radius 2 is 1.81 bits per heavy atom. The summed E-state index contributed by atoms with van der Waals surface area (Å²) in [4.78, 5) is 16.7. The van der Waals surface area contributed by atoms with Gasteiger partial charge in [-0.1, -0.05) is 32.0 Å². The number of amides is 1. The zero-order valence-corrected chi connectivity index (χ0v) is 18.0. The highest BCUT2D eigenvalue weighted by molar-refractivity contribution is 5.94. The number of hydrogen-bond acceptors (Lipinski definition) is 3. The number of benzene rings is 2. The Hall–Kier alpha value is -3.35. The van der Waals surface area contributed by atoms with E-state index in [1.807, 2.05) is 30.3 Å². The third-order valence-electron chi connectivity index (χ3n) is 5.07. The van der Waals surface area contributed by atoms with Gasteiger partial charge in [0, 0.05) is 29.6 Å². The van der Waals surface area contributed by atoms with E-state index in [0.717, 1.165) is 47.5 Å². The van der Waals surface area contributed by atoms with E-state index in [-0.39, 0.29) is 12.1 Å². The van der Waals surface area contributed by atoms with Crippen LogP contribution in [-0.4, -0.2) is 17.4 Å². The minimum Gasteiger partial charge on any atom is -0.457 e. The number of halogens is 3. The van der Waals surface area contributed by atoms with Gasteiger partial charge in [0.15, 0.2) is 0 Å². The molecule has 0 aliphatic carbocycles. The van der Waals surface area contributed by atoms with E-state index < -0.39 is 17.6 Å². The molecular weight excluding hydrogens is 417 g/mol. The Bertz CT molecular complexity index is 1080. The molecule has 168 valence electrons. The van der Waals surface area contributed by atoms with E-state index in [0.29, 0.717) is 12.2 Å². The van der Waals surface area contributed by atoms with Crippen molar-refractivity contribution in [2.24, 2.45) is 0 Å². The molecule has 0 aliphatic rings. The summed E-state index contributed by atoms with van der Waals surface area (Å²) < 4.78 is 44.6. The maximum atomic E-state index is 12.8. The number of ether oxygens (including phenoxy) is 1. The fourth-order valence-electron chi connectivity index (χ4n) is 3.44. The van der Waals surface area contributed by atoms with Crippen LogP contribution in [0.3, 0.4) is 0 Å². The topological polar surface area (TPSA) is 51.2 Å². The summed E-state index contributed by atoms with van der Waals surface area (Å²) in [7, 11) is 0. The molecule has 4 nitrogen and oxygen atoms in total. The molecule has 0 spiro atoms. The molecule has 1 amide bonds. The summed E-state index contributed by atoms with van der Waals surface area (Å²) in [5, 5.41) is 2.67. The van der Waals surface area contributed by atoms with E-state index in [2.05, 4.69) is 24.1 Å². The average Bonchev–Trinajstić information content (AvgIpc) is 2.78. The molecule has 0 radical (unpaired) electrons. The largest absolute Gasteiger partial charge is 0.457 e. The van der Waals surface area contributed by atoms with Gasteiger partial charge in [-0.15, -0.1) is 0 Å². The number of pyridine rings is 1. The average molecular weight is 442 g/mol. The van der Waals surface area contributed by atoms with Crippen LogP contribution >= 0.6 is 0 Å². The number of aryl methyl sites for hydroxylation is 1. The van der Waals surface area contributed by atoms with Crippen molar-refractivity contribution in [1.29, 1.82) is 0 Å². The minimum atomic E-state index is -4.49. The number of carbonyl (C=O) groups excluding carboxylic acids is 1. The van der Waals surface area contributed by atoms with Gasteiger partial charge in [-0.25, -0.2) is 0 Å². The van der Waals surface area contributed by atoms with Crippen molar-refractivity contribution in [1.82, 2.24) is 10.3 Å². The molecule has 3 rings (SSSR count). The molecule has 0 atom stereocenters. The number of carbonyl (C=O) groups is 1. The lowest BCUT2D eigenvalue weighted by atomic mass is 10.1. The van der Waals surface area contributed by atoms with Gasteiger partial charge < -0.3 is 10.1 Å². The summed E-state index contributed by atoms with van der Waals surface area (Å²) >= 11 is 0. The fourth-order valence-corrected chi connectivity index (χ4v) is 3.44. The van der Waals surface area contributed by atoms with E-state index in [1.165, 1.54) is 12.1 Å². The molecule has 32 heavy (non-hydrogen) atoms. The first-order valence-electron chi connectivity index (χ1n) is 10.5. The smallest absolute Gasteiger partial charge is 0.416 e. The van der Waals surface area contributed by atoms with E-state index in [1.54, 1.807) is 6.20 Å². The number of nitrogens with zero attached hydrogens (tertiary/aromatic N) is 1. The zero-order valence-electron chi connectivity index (χ0n) is 18.0. The Labute approximate surface area is 185 Å². The highest BCUT2D eigenvalue weighted by Gasteiger charge is 2.30. The Morgan fingerprint density at radius 1 is 1.03 bits per heavy atom. The molecule has 2 aromatic carbocycles.